The summed E-state index contributed by atoms with van der Waals surface area (Å²) in [4.78, 5) is 19.5. The molecule has 0 radical (unpaired) electrons. The first-order chi connectivity index (χ1) is 7.77. The highest BCUT2D eigenvalue weighted by Gasteiger charge is 2.32. The third-order valence-corrected chi connectivity index (χ3v) is 2.26. The first-order valence-electron chi connectivity index (χ1n) is 4.32. The second-order valence-electron chi connectivity index (χ2n) is 3.05. The Morgan fingerprint density at radius 3 is 2.59 bits per heavy atom. The van der Waals surface area contributed by atoms with Crippen LogP contribution in [-0.2, 0) is 11.0 Å². The summed E-state index contributed by atoms with van der Waals surface area (Å²) in [5, 5.41) is 0.440. The average molecular weight is 269 g/mol. The molecule has 0 aliphatic rings. The zero-order valence-electron chi connectivity index (χ0n) is 8.88. The van der Waals surface area contributed by atoms with Gasteiger partial charge in [0.2, 0.25) is 0 Å². The zero-order chi connectivity index (χ0) is 13.2. The van der Waals surface area contributed by atoms with Gasteiger partial charge in [-0.05, 0) is 6.07 Å². The molecule has 0 aliphatic carbocycles. The topological polar surface area (TPSA) is 42.4 Å². The summed E-state index contributed by atoms with van der Waals surface area (Å²) in [5.74, 6) is -0.809. The number of carbonyl (C=O) groups is 1. The van der Waals surface area contributed by atoms with Crippen LogP contribution in [0.4, 0.5) is 13.2 Å². The van der Waals surface area contributed by atoms with Crippen LogP contribution < -0.4 is 0 Å². The summed E-state index contributed by atoms with van der Waals surface area (Å²) < 4.78 is 37.2. The Hall–Kier alpha value is -1.34. The van der Waals surface area contributed by atoms with Gasteiger partial charge in [-0.3, -0.25) is 9.63 Å². The van der Waals surface area contributed by atoms with E-state index in [0.29, 0.717) is 12.3 Å². The molecule has 1 amide bonds. The number of hydrogen-bond acceptors (Lipinski definition) is 3. The third kappa shape index (κ3) is 3.07. The highest BCUT2D eigenvalue weighted by molar-refractivity contribution is 6.32. The number of halogens is 4. The average Bonchev–Trinajstić information content (AvgIpc) is 2.26. The summed E-state index contributed by atoms with van der Waals surface area (Å²) in [6.07, 6.45) is -4.02. The summed E-state index contributed by atoms with van der Waals surface area (Å²) >= 11 is 5.56. The molecular formula is C9H8ClF3N2O2. The molecule has 0 N–H and O–H groups in total. The van der Waals surface area contributed by atoms with Gasteiger partial charge in [0, 0.05) is 13.2 Å². The standard InChI is InChI=1S/C9H8ClF3N2O2/c1-15(17-2)8(16)6-3-5(9(11,12)13)4-14-7(6)10/h3-4H,1-2H3. The predicted octanol–water partition coefficient (Wildman–Crippen LogP) is 2.39. The molecule has 0 atom stereocenters. The van der Waals surface area contributed by atoms with Gasteiger partial charge in [0.1, 0.15) is 5.15 Å². The lowest BCUT2D eigenvalue weighted by Gasteiger charge is -2.15. The van der Waals surface area contributed by atoms with Crippen LogP contribution in [0.15, 0.2) is 12.3 Å². The smallest absolute Gasteiger partial charge is 0.274 e. The fourth-order valence-corrected chi connectivity index (χ4v) is 1.19. The minimum absolute atomic E-state index is 0.313. The maximum atomic E-state index is 12.4. The van der Waals surface area contributed by atoms with Crippen LogP contribution >= 0.6 is 11.6 Å². The van der Waals surface area contributed by atoms with Crippen molar-refractivity contribution in [3.63, 3.8) is 0 Å². The molecule has 1 aromatic heterocycles. The molecule has 0 bridgehead atoms. The van der Waals surface area contributed by atoms with E-state index in [1.54, 1.807) is 0 Å². The number of nitrogens with zero attached hydrogens (tertiary/aromatic N) is 2. The summed E-state index contributed by atoms with van der Waals surface area (Å²) in [5.41, 5.74) is -1.42. The number of hydrogen-bond donors (Lipinski definition) is 0. The van der Waals surface area contributed by atoms with Crippen molar-refractivity contribution < 1.29 is 22.8 Å². The van der Waals surface area contributed by atoms with Crippen molar-refractivity contribution in [2.75, 3.05) is 14.2 Å². The van der Waals surface area contributed by atoms with Crippen LogP contribution in [0.25, 0.3) is 0 Å². The van der Waals surface area contributed by atoms with E-state index in [-0.39, 0.29) is 10.7 Å². The Morgan fingerprint density at radius 1 is 1.53 bits per heavy atom. The SMILES string of the molecule is CON(C)C(=O)c1cc(C(F)(F)F)cnc1Cl. The normalized spacial score (nSPS) is 11.4. The Bertz CT molecular complexity index is 437. The van der Waals surface area contributed by atoms with Crippen LogP contribution in [0.1, 0.15) is 15.9 Å². The van der Waals surface area contributed by atoms with Crippen molar-refractivity contribution in [3.8, 4) is 0 Å². The molecule has 4 nitrogen and oxygen atoms in total. The monoisotopic (exact) mass is 268 g/mol. The van der Waals surface area contributed by atoms with E-state index in [9.17, 15) is 18.0 Å². The summed E-state index contributed by atoms with van der Waals surface area (Å²) in [7, 11) is 2.45. The van der Waals surface area contributed by atoms with Crippen LogP contribution in [0.5, 0.6) is 0 Å². The quantitative estimate of drug-likeness (QED) is 0.611. The van der Waals surface area contributed by atoms with Gasteiger partial charge in [-0.1, -0.05) is 11.6 Å². The van der Waals surface area contributed by atoms with Gasteiger partial charge in [0.15, 0.2) is 0 Å². The highest BCUT2D eigenvalue weighted by atomic mass is 35.5. The molecule has 0 fully saturated rings. The number of pyridine rings is 1. The molecule has 17 heavy (non-hydrogen) atoms. The first-order valence-corrected chi connectivity index (χ1v) is 4.70. The second-order valence-corrected chi connectivity index (χ2v) is 3.40. The molecule has 0 aliphatic heterocycles. The molecule has 1 rings (SSSR count). The third-order valence-electron chi connectivity index (χ3n) is 1.96. The Labute approximate surface area is 99.9 Å². The zero-order valence-corrected chi connectivity index (χ0v) is 9.63. The maximum Gasteiger partial charge on any atom is 0.417 e. The lowest BCUT2D eigenvalue weighted by Crippen LogP contribution is -2.26. The van der Waals surface area contributed by atoms with Crippen molar-refractivity contribution in [2.24, 2.45) is 0 Å². The van der Waals surface area contributed by atoms with Gasteiger partial charge in [0.05, 0.1) is 18.2 Å². The van der Waals surface area contributed by atoms with Gasteiger partial charge in [-0.25, -0.2) is 10.0 Å². The predicted molar refractivity (Wildman–Crippen MR) is 53.4 cm³/mol. The lowest BCUT2D eigenvalue weighted by molar-refractivity contribution is -0.137. The van der Waals surface area contributed by atoms with Crippen LogP contribution in [0, 0.1) is 0 Å². The van der Waals surface area contributed by atoms with E-state index in [2.05, 4.69) is 9.82 Å². The number of aromatic nitrogens is 1. The Kier molecular flexibility index (Phi) is 3.94. The largest absolute Gasteiger partial charge is 0.417 e. The van der Waals surface area contributed by atoms with Crippen LogP contribution in [0.3, 0.4) is 0 Å². The van der Waals surface area contributed by atoms with Crippen LogP contribution in [0.2, 0.25) is 5.15 Å². The highest BCUT2D eigenvalue weighted by Crippen LogP contribution is 2.30. The molecule has 0 saturated carbocycles. The van der Waals surface area contributed by atoms with Crippen molar-refractivity contribution in [2.45, 2.75) is 6.18 Å². The molecule has 1 aromatic rings. The lowest BCUT2D eigenvalue weighted by atomic mass is 10.2. The maximum absolute atomic E-state index is 12.4. The molecule has 0 spiro atoms. The molecular weight excluding hydrogens is 261 g/mol. The molecule has 1 heterocycles. The number of rotatable bonds is 2. The fourth-order valence-electron chi connectivity index (χ4n) is 1.01. The summed E-state index contributed by atoms with van der Waals surface area (Å²) in [6.45, 7) is 0. The van der Waals surface area contributed by atoms with E-state index in [4.69, 9.17) is 11.6 Å². The number of hydroxylamine groups is 2. The van der Waals surface area contributed by atoms with Crippen molar-refractivity contribution in [1.29, 1.82) is 0 Å². The number of carbonyl (C=O) groups excluding carboxylic acids is 1. The first kappa shape index (κ1) is 13.7. The molecule has 0 unspecified atom stereocenters. The van der Waals surface area contributed by atoms with Crippen molar-refractivity contribution in [1.82, 2.24) is 10.0 Å². The minimum Gasteiger partial charge on any atom is -0.274 e. The Morgan fingerprint density at radius 2 is 2.12 bits per heavy atom. The van der Waals surface area contributed by atoms with E-state index in [0.717, 1.165) is 5.06 Å². The van der Waals surface area contributed by atoms with E-state index < -0.39 is 17.6 Å². The Balaban J connectivity index is 3.20. The van der Waals surface area contributed by atoms with Gasteiger partial charge >= 0.3 is 6.18 Å². The van der Waals surface area contributed by atoms with Gasteiger partial charge in [-0.15, -0.1) is 0 Å². The van der Waals surface area contributed by atoms with Crippen LogP contribution in [-0.4, -0.2) is 30.1 Å². The van der Waals surface area contributed by atoms with Gasteiger partial charge in [-0.2, -0.15) is 13.2 Å². The second kappa shape index (κ2) is 4.89. The van der Waals surface area contributed by atoms with E-state index >= 15 is 0 Å². The number of amides is 1. The number of alkyl halides is 3. The minimum atomic E-state index is -4.59. The summed E-state index contributed by atoms with van der Waals surface area (Å²) in [6, 6.07) is 0.632. The molecule has 0 aromatic carbocycles. The van der Waals surface area contributed by atoms with Gasteiger partial charge in [0.25, 0.3) is 5.91 Å². The molecule has 94 valence electrons. The molecule has 0 saturated heterocycles. The van der Waals surface area contributed by atoms with E-state index in [1.807, 2.05) is 0 Å². The fraction of sp³-hybridized carbons (Fsp3) is 0.333. The molecule has 8 heteroatoms. The van der Waals surface area contributed by atoms with Crippen molar-refractivity contribution >= 4 is 17.5 Å². The van der Waals surface area contributed by atoms with E-state index in [1.165, 1.54) is 14.2 Å². The van der Waals surface area contributed by atoms with Gasteiger partial charge < -0.3 is 0 Å². The van der Waals surface area contributed by atoms with Crippen molar-refractivity contribution in [3.05, 3.63) is 28.5 Å².